The molecule has 2 N–H and O–H groups in total. The van der Waals surface area contributed by atoms with E-state index >= 15 is 0 Å². The highest BCUT2D eigenvalue weighted by atomic mass is 32.2. The van der Waals surface area contributed by atoms with Gasteiger partial charge in [0.05, 0.1) is 5.52 Å². The van der Waals surface area contributed by atoms with Gasteiger partial charge in [-0.1, -0.05) is 6.92 Å². The Kier molecular flexibility index (Phi) is 4.51. The lowest BCUT2D eigenvalue weighted by Crippen LogP contribution is -2.07. The number of aromatic nitrogens is 3. The van der Waals surface area contributed by atoms with Crippen molar-refractivity contribution in [2.75, 3.05) is 17.7 Å². The van der Waals surface area contributed by atoms with E-state index in [0.717, 1.165) is 41.8 Å². The van der Waals surface area contributed by atoms with Crippen LogP contribution in [0.15, 0.2) is 6.20 Å². The summed E-state index contributed by atoms with van der Waals surface area (Å²) in [6.45, 7) is 4.79. The van der Waals surface area contributed by atoms with Crippen LogP contribution >= 0.6 is 0 Å². The van der Waals surface area contributed by atoms with Crippen LogP contribution in [-0.4, -0.2) is 35.0 Å². The SMILES string of the molecule is CCc1nc2c(N)ncc(C)c2n1CCCCS(C)(=O)=O. The Bertz CT molecular complexity index is 750. The number of nitrogens with zero attached hydrogens (tertiary/aromatic N) is 3. The number of nitrogen functional groups attached to an aromatic ring is 1. The summed E-state index contributed by atoms with van der Waals surface area (Å²) >= 11 is 0. The van der Waals surface area contributed by atoms with Crippen LogP contribution in [0, 0.1) is 6.92 Å². The number of anilines is 1. The van der Waals surface area contributed by atoms with Crippen LogP contribution in [-0.2, 0) is 22.8 Å². The van der Waals surface area contributed by atoms with Gasteiger partial charge in [0.25, 0.3) is 0 Å². The summed E-state index contributed by atoms with van der Waals surface area (Å²) in [7, 11) is -2.89. The van der Waals surface area contributed by atoms with Crippen LogP contribution in [0.25, 0.3) is 11.0 Å². The molecule has 0 aliphatic heterocycles. The number of sulfone groups is 1. The largest absolute Gasteiger partial charge is 0.382 e. The van der Waals surface area contributed by atoms with Crippen molar-refractivity contribution < 1.29 is 8.42 Å². The highest BCUT2D eigenvalue weighted by molar-refractivity contribution is 7.90. The third-order valence-electron chi connectivity index (χ3n) is 3.52. The van der Waals surface area contributed by atoms with Gasteiger partial charge in [0.2, 0.25) is 0 Å². The van der Waals surface area contributed by atoms with Crippen LogP contribution in [0.4, 0.5) is 5.82 Å². The molecule has 21 heavy (non-hydrogen) atoms. The molecule has 0 aromatic carbocycles. The van der Waals surface area contributed by atoms with E-state index < -0.39 is 9.84 Å². The van der Waals surface area contributed by atoms with Gasteiger partial charge in [0.1, 0.15) is 21.2 Å². The van der Waals surface area contributed by atoms with Crippen LogP contribution in [0.5, 0.6) is 0 Å². The third-order valence-corrected chi connectivity index (χ3v) is 4.55. The fourth-order valence-corrected chi connectivity index (χ4v) is 3.24. The Balaban J connectivity index is 2.28. The van der Waals surface area contributed by atoms with Crippen LogP contribution in [0.3, 0.4) is 0 Å². The van der Waals surface area contributed by atoms with Gasteiger partial charge < -0.3 is 10.3 Å². The van der Waals surface area contributed by atoms with Gasteiger partial charge in [-0.25, -0.2) is 18.4 Å². The highest BCUT2D eigenvalue weighted by Crippen LogP contribution is 2.24. The summed E-state index contributed by atoms with van der Waals surface area (Å²) in [4.78, 5) is 8.72. The number of nitrogens with two attached hydrogens (primary N) is 1. The van der Waals surface area contributed by atoms with E-state index in [9.17, 15) is 8.42 Å². The lowest BCUT2D eigenvalue weighted by atomic mass is 10.2. The van der Waals surface area contributed by atoms with Crippen molar-refractivity contribution in [3.05, 3.63) is 17.6 Å². The van der Waals surface area contributed by atoms with Crippen LogP contribution in [0.1, 0.15) is 31.2 Å². The van der Waals surface area contributed by atoms with E-state index in [1.54, 1.807) is 6.20 Å². The second-order valence-corrected chi connectivity index (χ2v) is 7.65. The molecule has 2 rings (SSSR count). The van der Waals surface area contributed by atoms with E-state index in [1.807, 2.05) is 13.8 Å². The molecule has 0 radical (unpaired) electrons. The molecule has 116 valence electrons. The van der Waals surface area contributed by atoms with E-state index in [1.165, 1.54) is 6.26 Å². The normalized spacial score (nSPS) is 12.1. The topological polar surface area (TPSA) is 90.9 Å². The number of hydrogen-bond donors (Lipinski definition) is 1. The lowest BCUT2D eigenvalue weighted by Gasteiger charge is -2.09. The number of pyridine rings is 1. The van der Waals surface area contributed by atoms with E-state index in [4.69, 9.17) is 5.73 Å². The Labute approximate surface area is 125 Å². The van der Waals surface area contributed by atoms with Gasteiger partial charge in [0, 0.05) is 31.2 Å². The smallest absolute Gasteiger partial charge is 0.151 e. The summed E-state index contributed by atoms with van der Waals surface area (Å²) in [5.41, 5.74) is 8.70. The van der Waals surface area contributed by atoms with E-state index in [-0.39, 0.29) is 5.75 Å². The van der Waals surface area contributed by atoms with Gasteiger partial charge in [-0.15, -0.1) is 0 Å². The summed E-state index contributed by atoms with van der Waals surface area (Å²) in [5.74, 6) is 1.64. The average Bonchev–Trinajstić information content (AvgIpc) is 2.78. The maximum Gasteiger partial charge on any atom is 0.151 e. The number of fused-ring (bicyclic) bond motifs is 1. The fourth-order valence-electron chi connectivity index (χ4n) is 2.51. The predicted molar refractivity (Wildman–Crippen MR) is 85.0 cm³/mol. The van der Waals surface area contributed by atoms with Crippen molar-refractivity contribution >= 4 is 26.7 Å². The van der Waals surface area contributed by atoms with Crippen molar-refractivity contribution in [2.24, 2.45) is 0 Å². The number of aryl methyl sites for hydroxylation is 3. The predicted octanol–water partition coefficient (Wildman–Crippen LogP) is 1.71. The molecule has 2 aromatic heterocycles. The summed E-state index contributed by atoms with van der Waals surface area (Å²) in [6, 6.07) is 0. The minimum Gasteiger partial charge on any atom is -0.382 e. The zero-order chi connectivity index (χ0) is 15.6. The minimum atomic E-state index is -2.89. The first-order valence-corrected chi connectivity index (χ1v) is 9.17. The van der Waals surface area contributed by atoms with Gasteiger partial charge in [-0.05, 0) is 25.3 Å². The average molecular weight is 310 g/mol. The first kappa shape index (κ1) is 15.8. The van der Waals surface area contributed by atoms with Crippen molar-refractivity contribution in [2.45, 2.75) is 39.7 Å². The molecule has 0 aliphatic rings. The first-order valence-electron chi connectivity index (χ1n) is 7.11. The Morgan fingerprint density at radius 3 is 2.67 bits per heavy atom. The minimum absolute atomic E-state index is 0.226. The molecule has 0 bridgehead atoms. The molecule has 0 unspecified atom stereocenters. The molecule has 0 fully saturated rings. The Morgan fingerprint density at radius 1 is 1.33 bits per heavy atom. The monoisotopic (exact) mass is 310 g/mol. The molecule has 0 aliphatic carbocycles. The molecular weight excluding hydrogens is 288 g/mol. The van der Waals surface area contributed by atoms with Crippen molar-refractivity contribution in [3.8, 4) is 0 Å². The van der Waals surface area contributed by atoms with Crippen LogP contribution in [0.2, 0.25) is 0 Å². The molecule has 0 saturated heterocycles. The number of hydrogen-bond acceptors (Lipinski definition) is 5. The standard InChI is InChI=1S/C14H22N4O2S/c1-4-11-17-12-13(10(2)9-16-14(12)15)18(11)7-5-6-8-21(3,19)20/h9H,4-8H2,1-3H3,(H2,15,16). The molecule has 0 atom stereocenters. The van der Waals surface area contributed by atoms with Gasteiger partial charge in [-0.3, -0.25) is 0 Å². The first-order chi connectivity index (χ1) is 9.83. The molecule has 0 amide bonds. The summed E-state index contributed by atoms with van der Waals surface area (Å²) < 4.78 is 24.5. The van der Waals surface area contributed by atoms with Gasteiger partial charge in [-0.2, -0.15) is 0 Å². The highest BCUT2D eigenvalue weighted by Gasteiger charge is 2.14. The Hall–Kier alpha value is -1.63. The summed E-state index contributed by atoms with van der Waals surface area (Å²) in [6.07, 6.45) is 5.29. The lowest BCUT2D eigenvalue weighted by molar-refractivity contribution is 0.585. The molecular formula is C14H22N4O2S. The second-order valence-electron chi connectivity index (χ2n) is 5.39. The zero-order valence-electron chi connectivity index (χ0n) is 12.8. The number of rotatable bonds is 6. The van der Waals surface area contributed by atoms with E-state index in [2.05, 4.69) is 14.5 Å². The van der Waals surface area contributed by atoms with Crippen molar-refractivity contribution in [3.63, 3.8) is 0 Å². The second kappa shape index (κ2) is 6.01. The number of unbranched alkanes of at least 4 members (excludes halogenated alkanes) is 1. The Morgan fingerprint density at radius 2 is 2.05 bits per heavy atom. The van der Waals surface area contributed by atoms with Gasteiger partial charge in [0.15, 0.2) is 5.82 Å². The van der Waals surface area contributed by atoms with Gasteiger partial charge >= 0.3 is 0 Å². The third kappa shape index (κ3) is 3.53. The molecule has 2 aromatic rings. The molecule has 0 saturated carbocycles. The fraction of sp³-hybridized carbons (Fsp3) is 0.571. The number of imidazole rings is 1. The molecule has 0 spiro atoms. The maximum atomic E-state index is 11.2. The molecule has 2 heterocycles. The van der Waals surface area contributed by atoms with E-state index in [0.29, 0.717) is 12.2 Å². The van der Waals surface area contributed by atoms with Crippen molar-refractivity contribution in [1.82, 2.24) is 14.5 Å². The summed E-state index contributed by atoms with van der Waals surface area (Å²) in [5, 5.41) is 0. The van der Waals surface area contributed by atoms with Crippen molar-refractivity contribution in [1.29, 1.82) is 0 Å². The quantitative estimate of drug-likeness (QED) is 0.820. The molecule has 7 heteroatoms. The zero-order valence-corrected chi connectivity index (χ0v) is 13.6. The molecule has 6 nitrogen and oxygen atoms in total. The maximum absolute atomic E-state index is 11.2. The van der Waals surface area contributed by atoms with Crippen LogP contribution < -0.4 is 5.73 Å².